The van der Waals surface area contributed by atoms with E-state index in [-0.39, 0.29) is 12.2 Å². The molecule has 0 aliphatic heterocycles. The van der Waals surface area contributed by atoms with Gasteiger partial charge in [-0.25, -0.2) is 0 Å². The van der Waals surface area contributed by atoms with E-state index in [2.05, 4.69) is 0 Å². The number of carbonyl (C=O) groups excluding carboxylic acids is 1. The lowest BCUT2D eigenvalue weighted by Crippen LogP contribution is -2.16. The summed E-state index contributed by atoms with van der Waals surface area (Å²) in [6, 6.07) is 3.79. The number of carbonyl (C=O) groups is 2. The monoisotopic (exact) mass is 232 g/mol. The molecule has 0 amide bonds. The summed E-state index contributed by atoms with van der Waals surface area (Å²) >= 11 is 0. The van der Waals surface area contributed by atoms with Gasteiger partial charge in [-0.1, -0.05) is 19.1 Å². The quantitative estimate of drug-likeness (QED) is 0.870. The van der Waals surface area contributed by atoms with E-state index in [4.69, 9.17) is 5.11 Å². The van der Waals surface area contributed by atoms with Crippen molar-refractivity contribution in [3.8, 4) is 0 Å². The number of aryl methyl sites for hydroxylation is 1. The second kappa shape index (κ2) is 4.70. The van der Waals surface area contributed by atoms with Crippen molar-refractivity contribution in [2.45, 2.75) is 39.0 Å². The number of hydrogen-bond acceptors (Lipinski definition) is 2. The van der Waals surface area contributed by atoms with Gasteiger partial charge in [0.15, 0.2) is 5.78 Å². The van der Waals surface area contributed by atoms with Crippen LogP contribution >= 0.6 is 0 Å². The summed E-state index contributed by atoms with van der Waals surface area (Å²) in [5.74, 6) is -0.668. The molecule has 0 fully saturated rings. The van der Waals surface area contributed by atoms with Crippen LogP contribution in [0.25, 0.3) is 0 Å². The van der Waals surface area contributed by atoms with Crippen molar-refractivity contribution in [3.63, 3.8) is 0 Å². The fourth-order valence-electron chi connectivity index (χ4n) is 2.59. The fraction of sp³-hybridized carbons (Fsp3) is 0.429. The van der Waals surface area contributed by atoms with E-state index in [9.17, 15) is 9.59 Å². The lowest BCUT2D eigenvalue weighted by atomic mass is 9.83. The maximum Gasteiger partial charge on any atom is 0.307 e. The molecule has 0 saturated heterocycles. The standard InChI is InChI=1S/C14H16O3/c1-2-11-10(8-13(16)17)7-6-9-4-3-5-12(15)14(9)11/h6-7H,2-5,8H2,1H3,(H,16,17). The third-order valence-electron chi connectivity index (χ3n) is 3.32. The molecule has 0 bridgehead atoms. The van der Waals surface area contributed by atoms with Gasteiger partial charge in [0.05, 0.1) is 6.42 Å². The Balaban J connectivity index is 2.53. The normalized spacial score (nSPS) is 14.5. The van der Waals surface area contributed by atoms with Gasteiger partial charge in [0.25, 0.3) is 0 Å². The van der Waals surface area contributed by atoms with E-state index in [0.29, 0.717) is 6.42 Å². The molecular weight excluding hydrogens is 216 g/mol. The van der Waals surface area contributed by atoms with Gasteiger partial charge in [-0.05, 0) is 36.0 Å². The first kappa shape index (κ1) is 11.8. The Morgan fingerprint density at radius 1 is 1.35 bits per heavy atom. The number of Topliss-reactive ketones (excluding diaryl/α,β-unsaturated/α-hetero) is 1. The molecule has 3 heteroatoms. The molecule has 0 saturated carbocycles. The molecule has 1 aliphatic rings. The van der Waals surface area contributed by atoms with Gasteiger partial charge in [0.2, 0.25) is 0 Å². The van der Waals surface area contributed by atoms with Crippen LogP contribution in [0.2, 0.25) is 0 Å². The molecule has 1 aliphatic carbocycles. The van der Waals surface area contributed by atoms with Crippen molar-refractivity contribution in [2.24, 2.45) is 0 Å². The number of benzene rings is 1. The second-order valence-electron chi connectivity index (χ2n) is 4.44. The van der Waals surface area contributed by atoms with Crippen LogP contribution in [0.15, 0.2) is 12.1 Å². The highest BCUT2D eigenvalue weighted by Gasteiger charge is 2.22. The van der Waals surface area contributed by atoms with Crippen LogP contribution in [0, 0.1) is 0 Å². The molecule has 2 rings (SSSR count). The van der Waals surface area contributed by atoms with Gasteiger partial charge in [-0.15, -0.1) is 0 Å². The molecule has 1 aromatic carbocycles. The number of carboxylic acid groups (broad SMARTS) is 1. The minimum Gasteiger partial charge on any atom is -0.481 e. The highest BCUT2D eigenvalue weighted by Crippen LogP contribution is 2.27. The Labute approximate surface area is 100 Å². The topological polar surface area (TPSA) is 54.4 Å². The Kier molecular flexibility index (Phi) is 3.27. The number of ketones is 1. The van der Waals surface area contributed by atoms with Gasteiger partial charge in [-0.3, -0.25) is 9.59 Å². The van der Waals surface area contributed by atoms with Crippen LogP contribution in [0.4, 0.5) is 0 Å². The van der Waals surface area contributed by atoms with E-state index in [1.54, 1.807) is 0 Å². The third-order valence-corrected chi connectivity index (χ3v) is 3.32. The van der Waals surface area contributed by atoms with E-state index in [1.165, 1.54) is 0 Å². The first-order valence-electron chi connectivity index (χ1n) is 6.02. The van der Waals surface area contributed by atoms with Crippen molar-refractivity contribution in [3.05, 3.63) is 34.4 Å². The predicted molar refractivity (Wildman–Crippen MR) is 64.4 cm³/mol. The maximum absolute atomic E-state index is 12.0. The number of carboxylic acids is 1. The summed E-state index contributed by atoms with van der Waals surface area (Å²) in [4.78, 5) is 22.8. The summed E-state index contributed by atoms with van der Waals surface area (Å²) in [5, 5.41) is 8.87. The molecule has 3 nitrogen and oxygen atoms in total. The summed E-state index contributed by atoms with van der Waals surface area (Å²) in [6.45, 7) is 1.98. The predicted octanol–water partition coefficient (Wildman–Crippen LogP) is 2.40. The second-order valence-corrected chi connectivity index (χ2v) is 4.44. The molecule has 0 aromatic heterocycles. The molecule has 90 valence electrons. The van der Waals surface area contributed by atoms with Crippen LogP contribution in [0.3, 0.4) is 0 Å². The molecular formula is C14H16O3. The number of hydrogen-bond donors (Lipinski definition) is 1. The number of rotatable bonds is 3. The number of fused-ring (bicyclic) bond motifs is 1. The van der Waals surface area contributed by atoms with Crippen molar-refractivity contribution in [1.29, 1.82) is 0 Å². The van der Waals surface area contributed by atoms with Crippen LogP contribution in [0.5, 0.6) is 0 Å². The summed E-state index contributed by atoms with van der Waals surface area (Å²) < 4.78 is 0. The average molecular weight is 232 g/mol. The molecule has 17 heavy (non-hydrogen) atoms. The lowest BCUT2D eigenvalue weighted by molar-refractivity contribution is -0.136. The third kappa shape index (κ3) is 2.23. The van der Waals surface area contributed by atoms with Crippen LogP contribution in [0.1, 0.15) is 46.8 Å². The van der Waals surface area contributed by atoms with Gasteiger partial charge >= 0.3 is 5.97 Å². The first-order chi connectivity index (χ1) is 8.13. The van der Waals surface area contributed by atoms with Gasteiger partial charge in [-0.2, -0.15) is 0 Å². The van der Waals surface area contributed by atoms with E-state index in [0.717, 1.165) is 41.5 Å². The largest absolute Gasteiger partial charge is 0.481 e. The van der Waals surface area contributed by atoms with Gasteiger partial charge in [0, 0.05) is 12.0 Å². The Morgan fingerprint density at radius 2 is 2.12 bits per heavy atom. The molecule has 1 N–H and O–H groups in total. The average Bonchev–Trinajstić information content (AvgIpc) is 2.29. The zero-order chi connectivity index (χ0) is 12.4. The summed E-state index contributed by atoms with van der Waals surface area (Å²) in [5.41, 5.74) is 3.62. The van der Waals surface area contributed by atoms with Crippen molar-refractivity contribution >= 4 is 11.8 Å². The first-order valence-corrected chi connectivity index (χ1v) is 6.02. The summed E-state index contributed by atoms with van der Waals surface area (Å²) in [6.07, 6.45) is 3.16. The SMILES string of the molecule is CCc1c(CC(=O)O)ccc2c1C(=O)CCC2. The lowest BCUT2D eigenvalue weighted by Gasteiger charge is -2.20. The van der Waals surface area contributed by atoms with Crippen molar-refractivity contribution in [1.82, 2.24) is 0 Å². The fourth-order valence-corrected chi connectivity index (χ4v) is 2.59. The van der Waals surface area contributed by atoms with Gasteiger partial charge < -0.3 is 5.11 Å². The van der Waals surface area contributed by atoms with E-state index < -0.39 is 5.97 Å². The van der Waals surface area contributed by atoms with Crippen LogP contribution < -0.4 is 0 Å². The van der Waals surface area contributed by atoms with E-state index in [1.807, 2.05) is 19.1 Å². The molecule has 0 spiro atoms. The maximum atomic E-state index is 12.0. The minimum absolute atomic E-state index is 0.00370. The highest BCUT2D eigenvalue weighted by molar-refractivity contribution is 6.00. The molecule has 0 radical (unpaired) electrons. The zero-order valence-corrected chi connectivity index (χ0v) is 9.95. The number of aliphatic carboxylic acids is 1. The molecule has 0 heterocycles. The van der Waals surface area contributed by atoms with Crippen LogP contribution in [-0.2, 0) is 24.1 Å². The minimum atomic E-state index is -0.845. The van der Waals surface area contributed by atoms with Crippen LogP contribution in [-0.4, -0.2) is 16.9 Å². The Morgan fingerprint density at radius 3 is 2.76 bits per heavy atom. The molecule has 0 atom stereocenters. The van der Waals surface area contributed by atoms with Crippen molar-refractivity contribution < 1.29 is 14.7 Å². The van der Waals surface area contributed by atoms with Gasteiger partial charge in [0.1, 0.15) is 0 Å². The smallest absolute Gasteiger partial charge is 0.307 e. The highest BCUT2D eigenvalue weighted by atomic mass is 16.4. The van der Waals surface area contributed by atoms with Crippen molar-refractivity contribution in [2.75, 3.05) is 0 Å². The molecule has 0 unspecified atom stereocenters. The van der Waals surface area contributed by atoms with E-state index >= 15 is 0 Å². The Bertz CT molecular complexity index is 475. The summed E-state index contributed by atoms with van der Waals surface area (Å²) in [7, 11) is 0. The Hall–Kier alpha value is -1.64. The zero-order valence-electron chi connectivity index (χ0n) is 9.95. The molecule has 1 aromatic rings.